The van der Waals surface area contributed by atoms with Crippen molar-refractivity contribution in [1.29, 1.82) is 0 Å². The van der Waals surface area contributed by atoms with Crippen LogP contribution in [0.3, 0.4) is 0 Å². The van der Waals surface area contributed by atoms with Crippen molar-refractivity contribution in [2.45, 2.75) is 13.3 Å². The van der Waals surface area contributed by atoms with Gasteiger partial charge in [-0.15, -0.1) is 0 Å². The van der Waals surface area contributed by atoms with E-state index in [0.29, 0.717) is 10.8 Å². The topological polar surface area (TPSA) is 41.6 Å². The largest absolute Gasteiger partial charge is 0.484 e. The molecule has 0 radical (unpaired) electrons. The molecule has 1 aliphatic heterocycles. The van der Waals surface area contributed by atoms with Crippen molar-refractivity contribution in [3.63, 3.8) is 0 Å². The second-order valence-electron chi connectivity index (χ2n) is 4.68. The maximum atomic E-state index is 12.0. The molecule has 4 nitrogen and oxygen atoms in total. The monoisotopic (exact) mass is 282 g/mol. The molecular formula is C14H19ClN2O2. The highest BCUT2D eigenvalue weighted by atomic mass is 35.5. The maximum absolute atomic E-state index is 12.0. The lowest BCUT2D eigenvalue weighted by molar-refractivity contribution is -0.133. The number of hydrogen-bond acceptors (Lipinski definition) is 3. The zero-order chi connectivity index (χ0) is 13.7. The summed E-state index contributed by atoms with van der Waals surface area (Å²) in [6.45, 7) is 5.38. The lowest BCUT2D eigenvalue weighted by atomic mass is 10.2. The quantitative estimate of drug-likeness (QED) is 0.920. The molecule has 1 amide bonds. The van der Waals surface area contributed by atoms with Gasteiger partial charge in [-0.3, -0.25) is 4.79 Å². The Morgan fingerprint density at radius 2 is 2.26 bits per heavy atom. The third-order valence-corrected chi connectivity index (χ3v) is 3.61. The van der Waals surface area contributed by atoms with Gasteiger partial charge in [-0.1, -0.05) is 11.6 Å². The van der Waals surface area contributed by atoms with Gasteiger partial charge in [0.25, 0.3) is 5.91 Å². The van der Waals surface area contributed by atoms with Crippen LogP contribution in [0, 0.1) is 6.92 Å². The predicted molar refractivity (Wildman–Crippen MR) is 75.8 cm³/mol. The van der Waals surface area contributed by atoms with Gasteiger partial charge in [0.05, 0.1) is 0 Å². The number of rotatable bonds is 3. The standard InChI is InChI=1S/C14H19ClN2O2/c1-11-9-12(3-4-13(11)15)19-10-14(18)17-7-2-5-16-6-8-17/h3-4,9,16H,2,5-8,10H2,1H3. The van der Waals surface area contributed by atoms with Crippen molar-refractivity contribution in [3.05, 3.63) is 28.8 Å². The van der Waals surface area contributed by atoms with Crippen molar-refractivity contribution < 1.29 is 9.53 Å². The van der Waals surface area contributed by atoms with Crippen LogP contribution < -0.4 is 10.1 Å². The zero-order valence-electron chi connectivity index (χ0n) is 11.1. The number of hydrogen-bond donors (Lipinski definition) is 1. The molecule has 104 valence electrons. The van der Waals surface area contributed by atoms with E-state index in [9.17, 15) is 4.79 Å². The molecule has 0 atom stereocenters. The third-order valence-electron chi connectivity index (χ3n) is 3.18. The first kappa shape index (κ1) is 14.2. The highest BCUT2D eigenvalue weighted by Gasteiger charge is 2.15. The summed E-state index contributed by atoms with van der Waals surface area (Å²) in [5.74, 6) is 0.722. The smallest absolute Gasteiger partial charge is 0.260 e. The first-order valence-electron chi connectivity index (χ1n) is 6.54. The molecule has 1 saturated heterocycles. The molecule has 1 heterocycles. The Kier molecular flexibility index (Phi) is 5.05. The van der Waals surface area contributed by atoms with Crippen molar-refractivity contribution in [2.75, 3.05) is 32.8 Å². The molecule has 0 aromatic heterocycles. The van der Waals surface area contributed by atoms with Crippen LogP contribution in [0.2, 0.25) is 5.02 Å². The highest BCUT2D eigenvalue weighted by Crippen LogP contribution is 2.21. The van der Waals surface area contributed by atoms with E-state index in [1.165, 1.54) is 0 Å². The summed E-state index contributed by atoms with van der Waals surface area (Å²) in [7, 11) is 0. The van der Waals surface area contributed by atoms with E-state index in [1.807, 2.05) is 17.9 Å². The summed E-state index contributed by atoms with van der Waals surface area (Å²) in [6.07, 6.45) is 0.992. The van der Waals surface area contributed by atoms with Gasteiger partial charge >= 0.3 is 0 Å². The second-order valence-corrected chi connectivity index (χ2v) is 5.09. The lowest BCUT2D eigenvalue weighted by Gasteiger charge is -2.20. The van der Waals surface area contributed by atoms with Gasteiger partial charge < -0.3 is 15.0 Å². The number of nitrogens with one attached hydrogen (secondary N) is 1. The average Bonchev–Trinajstić information content (AvgIpc) is 2.69. The molecule has 0 saturated carbocycles. The SMILES string of the molecule is Cc1cc(OCC(=O)N2CCCNCC2)ccc1Cl. The van der Waals surface area contributed by atoms with Crippen LogP contribution in [-0.4, -0.2) is 43.6 Å². The Morgan fingerprint density at radius 3 is 3.05 bits per heavy atom. The first-order valence-corrected chi connectivity index (χ1v) is 6.92. The van der Waals surface area contributed by atoms with Gasteiger partial charge in [0.1, 0.15) is 5.75 Å². The Bertz CT molecular complexity index is 443. The van der Waals surface area contributed by atoms with E-state index in [0.717, 1.165) is 38.2 Å². The fourth-order valence-electron chi connectivity index (χ4n) is 2.04. The van der Waals surface area contributed by atoms with Crippen LogP contribution in [0.25, 0.3) is 0 Å². The van der Waals surface area contributed by atoms with E-state index in [-0.39, 0.29) is 12.5 Å². The number of amides is 1. The molecule has 5 heteroatoms. The highest BCUT2D eigenvalue weighted by molar-refractivity contribution is 6.31. The third kappa shape index (κ3) is 4.11. The molecule has 1 fully saturated rings. The van der Waals surface area contributed by atoms with Crippen LogP contribution in [0.1, 0.15) is 12.0 Å². The lowest BCUT2D eigenvalue weighted by Crippen LogP contribution is -2.37. The minimum Gasteiger partial charge on any atom is -0.484 e. The van der Waals surface area contributed by atoms with Gasteiger partial charge in [0.2, 0.25) is 0 Å². The molecule has 1 N–H and O–H groups in total. The molecule has 2 rings (SSSR count). The molecule has 0 unspecified atom stereocenters. The summed E-state index contributed by atoms with van der Waals surface area (Å²) >= 11 is 5.95. The average molecular weight is 283 g/mol. The van der Waals surface area contributed by atoms with Crippen LogP contribution in [0.5, 0.6) is 5.75 Å². The fourth-order valence-corrected chi connectivity index (χ4v) is 2.16. The second kappa shape index (κ2) is 6.78. The molecule has 0 aliphatic carbocycles. The normalized spacial score (nSPS) is 16.0. The molecular weight excluding hydrogens is 264 g/mol. The number of carbonyl (C=O) groups excluding carboxylic acids is 1. The van der Waals surface area contributed by atoms with Crippen molar-refractivity contribution in [3.8, 4) is 5.75 Å². The van der Waals surface area contributed by atoms with Gasteiger partial charge in [0.15, 0.2) is 6.61 Å². The summed E-state index contributed by atoms with van der Waals surface area (Å²) in [4.78, 5) is 13.9. The number of carbonyl (C=O) groups is 1. The predicted octanol–water partition coefficient (Wildman–Crippen LogP) is 1.85. The Balaban J connectivity index is 1.86. The van der Waals surface area contributed by atoms with Gasteiger partial charge in [-0.05, 0) is 43.7 Å². The van der Waals surface area contributed by atoms with Crippen LogP contribution in [0.15, 0.2) is 18.2 Å². The number of aryl methyl sites for hydroxylation is 1. The summed E-state index contributed by atoms with van der Waals surface area (Å²) < 4.78 is 5.53. The fraction of sp³-hybridized carbons (Fsp3) is 0.500. The van der Waals surface area contributed by atoms with Crippen molar-refractivity contribution in [2.24, 2.45) is 0 Å². The number of benzene rings is 1. The number of halogens is 1. The molecule has 0 spiro atoms. The molecule has 0 bridgehead atoms. The maximum Gasteiger partial charge on any atom is 0.260 e. The summed E-state index contributed by atoms with van der Waals surface area (Å²) in [5.41, 5.74) is 0.950. The number of ether oxygens (including phenoxy) is 1. The number of nitrogens with zero attached hydrogens (tertiary/aromatic N) is 1. The Morgan fingerprint density at radius 1 is 1.42 bits per heavy atom. The van der Waals surface area contributed by atoms with E-state index in [4.69, 9.17) is 16.3 Å². The zero-order valence-corrected chi connectivity index (χ0v) is 11.9. The van der Waals surface area contributed by atoms with Crippen molar-refractivity contribution in [1.82, 2.24) is 10.2 Å². The molecule has 1 aliphatic rings. The van der Waals surface area contributed by atoms with E-state index in [2.05, 4.69) is 5.32 Å². The van der Waals surface area contributed by atoms with Crippen LogP contribution in [-0.2, 0) is 4.79 Å². The van der Waals surface area contributed by atoms with Gasteiger partial charge in [0, 0.05) is 24.7 Å². The Labute approximate surface area is 118 Å². The van der Waals surface area contributed by atoms with Gasteiger partial charge in [-0.2, -0.15) is 0 Å². The minimum atomic E-state index is 0.0382. The van der Waals surface area contributed by atoms with Crippen LogP contribution >= 0.6 is 11.6 Å². The minimum absolute atomic E-state index is 0.0382. The molecule has 19 heavy (non-hydrogen) atoms. The van der Waals surface area contributed by atoms with Crippen LogP contribution in [0.4, 0.5) is 0 Å². The van der Waals surface area contributed by atoms with E-state index < -0.39 is 0 Å². The molecule has 1 aromatic rings. The van der Waals surface area contributed by atoms with Gasteiger partial charge in [-0.25, -0.2) is 0 Å². The Hall–Kier alpha value is -1.26. The van der Waals surface area contributed by atoms with E-state index in [1.54, 1.807) is 12.1 Å². The molecule has 1 aromatic carbocycles. The first-order chi connectivity index (χ1) is 9.16. The van der Waals surface area contributed by atoms with E-state index >= 15 is 0 Å². The van der Waals surface area contributed by atoms with Crippen molar-refractivity contribution >= 4 is 17.5 Å². The summed E-state index contributed by atoms with van der Waals surface area (Å²) in [5, 5.41) is 3.98. The summed E-state index contributed by atoms with van der Waals surface area (Å²) in [6, 6.07) is 5.42.